The minimum absolute atomic E-state index is 0.00833. The summed E-state index contributed by atoms with van der Waals surface area (Å²) in [5.41, 5.74) is 2.40. The first-order valence-electron chi connectivity index (χ1n) is 7.92. The summed E-state index contributed by atoms with van der Waals surface area (Å²) < 4.78 is 0. The van der Waals surface area contributed by atoms with E-state index < -0.39 is 5.60 Å². The van der Waals surface area contributed by atoms with Gasteiger partial charge in [-0.1, -0.05) is 26.2 Å². The second-order valence-electron chi connectivity index (χ2n) is 6.52. The third-order valence-corrected chi connectivity index (χ3v) is 4.61. The highest BCUT2D eigenvalue weighted by molar-refractivity contribution is 5.78. The Bertz CT molecular complexity index is 470. The van der Waals surface area contributed by atoms with Crippen molar-refractivity contribution < 1.29 is 9.90 Å². The molecule has 21 heavy (non-hydrogen) atoms. The number of amides is 1. The molecule has 1 heterocycles. The lowest BCUT2D eigenvalue weighted by Gasteiger charge is -2.32. The molecular weight excluding hydrogens is 266 g/mol. The summed E-state index contributed by atoms with van der Waals surface area (Å²) in [6.07, 6.45) is 5.55. The van der Waals surface area contributed by atoms with Crippen LogP contribution in [0.15, 0.2) is 0 Å². The third kappa shape index (κ3) is 4.06. The molecule has 1 aliphatic rings. The number of carbonyl (C=O) groups is 1. The molecule has 1 aliphatic carbocycles. The van der Waals surface area contributed by atoms with Crippen LogP contribution in [0.1, 0.15) is 56.0 Å². The fraction of sp³-hybridized carbons (Fsp3) is 0.750. The summed E-state index contributed by atoms with van der Waals surface area (Å²) in [4.78, 5) is 12.2. The summed E-state index contributed by atoms with van der Waals surface area (Å²) in [5.74, 6) is -0.110. The van der Waals surface area contributed by atoms with Gasteiger partial charge >= 0.3 is 0 Å². The zero-order valence-corrected chi connectivity index (χ0v) is 13.3. The molecule has 0 aliphatic heterocycles. The number of H-pyrrole nitrogens is 1. The van der Waals surface area contributed by atoms with Crippen molar-refractivity contribution in [1.29, 1.82) is 0 Å². The molecule has 1 atom stereocenters. The van der Waals surface area contributed by atoms with Crippen LogP contribution in [0.2, 0.25) is 0 Å². The minimum Gasteiger partial charge on any atom is -0.388 e. The Balaban J connectivity index is 1.85. The number of carbonyl (C=O) groups excluding carboxylic acids is 1. The van der Waals surface area contributed by atoms with Gasteiger partial charge in [0, 0.05) is 18.2 Å². The normalized spacial score (nSPS) is 19.2. The molecule has 0 spiro atoms. The molecular formula is C16H27N3O2. The van der Waals surface area contributed by atoms with Crippen LogP contribution >= 0.6 is 0 Å². The molecule has 1 unspecified atom stereocenters. The highest BCUT2D eigenvalue weighted by Gasteiger charge is 2.30. The second kappa shape index (κ2) is 6.60. The molecule has 1 amide bonds. The SMILES string of the molecule is Cc1n[nH]c(C)c1CC(C)C(=O)NCC1(O)CCCCC1. The molecule has 0 aromatic carbocycles. The van der Waals surface area contributed by atoms with Crippen molar-refractivity contribution in [2.45, 2.75) is 64.9 Å². The van der Waals surface area contributed by atoms with Crippen molar-refractivity contribution in [3.05, 3.63) is 17.0 Å². The third-order valence-electron chi connectivity index (χ3n) is 4.61. The number of aliphatic hydroxyl groups is 1. The number of nitrogens with zero attached hydrogens (tertiary/aromatic N) is 1. The predicted molar refractivity (Wildman–Crippen MR) is 82.0 cm³/mol. The molecule has 5 heteroatoms. The number of aromatic nitrogens is 2. The first-order chi connectivity index (χ1) is 9.91. The Labute approximate surface area is 126 Å². The maximum atomic E-state index is 12.2. The Hall–Kier alpha value is -1.36. The van der Waals surface area contributed by atoms with Crippen LogP contribution in [-0.2, 0) is 11.2 Å². The molecule has 3 N–H and O–H groups in total. The van der Waals surface area contributed by atoms with E-state index in [9.17, 15) is 9.90 Å². The number of aromatic amines is 1. The highest BCUT2D eigenvalue weighted by atomic mass is 16.3. The zero-order valence-electron chi connectivity index (χ0n) is 13.3. The molecule has 1 saturated carbocycles. The maximum absolute atomic E-state index is 12.2. The van der Waals surface area contributed by atoms with Crippen LogP contribution in [-0.4, -0.2) is 33.4 Å². The van der Waals surface area contributed by atoms with E-state index in [0.29, 0.717) is 13.0 Å². The van der Waals surface area contributed by atoms with Gasteiger partial charge in [-0.25, -0.2) is 0 Å². The molecule has 118 valence electrons. The van der Waals surface area contributed by atoms with Crippen LogP contribution in [0.25, 0.3) is 0 Å². The monoisotopic (exact) mass is 293 g/mol. The molecule has 0 saturated heterocycles. The van der Waals surface area contributed by atoms with Crippen LogP contribution in [0.4, 0.5) is 0 Å². The van der Waals surface area contributed by atoms with E-state index in [2.05, 4.69) is 15.5 Å². The highest BCUT2D eigenvalue weighted by Crippen LogP contribution is 2.27. The number of nitrogens with one attached hydrogen (secondary N) is 2. The fourth-order valence-corrected chi connectivity index (χ4v) is 3.09. The average molecular weight is 293 g/mol. The van der Waals surface area contributed by atoms with Crippen molar-refractivity contribution in [2.24, 2.45) is 5.92 Å². The zero-order chi connectivity index (χ0) is 15.5. The van der Waals surface area contributed by atoms with Crippen LogP contribution in [0.5, 0.6) is 0 Å². The van der Waals surface area contributed by atoms with E-state index in [-0.39, 0.29) is 11.8 Å². The number of hydrogen-bond donors (Lipinski definition) is 3. The van der Waals surface area contributed by atoms with Crippen molar-refractivity contribution in [3.63, 3.8) is 0 Å². The van der Waals surface area contributed by atoms with Crippen molar-refractivity contribution >= 4 is 5.91 Å². The Morgan fingerprint density at radius 3 is 2.62 bits per heavy atom. The van der Waals surface area contributed by atoms with E-state index in [1.165, 1.54) is 6.42 Å². The van der Waals surface area contributed by atoms with Crippen molar-refractivity contribution in [2.75, 3.05) is 6.54 Å². The van der Waals surface area contributed by atoms with Gasteiger partial charge in [-0.2, -0.15) is 5.10 Å². The van der Waals surface area contributed by atoms with Gasteiger partial charge in [-0.15, -0.1) is 0 Å². The van der Waals surface area contributed by atoms with Gasteiger partial charge in [0.2, 0.25) is 5.91 Å². The first-order valence-corrected chi connectivity index (χ1v) is 7.92. The summed E-state index contributed by atoms with van der Waals surface area (Å²) >= 11 is 0. The van der Waals surface area contributed by atoms with E-state index >= 15 is 0 Å². The molecule has 2 rings (SSSR count). The molecule has 5 nitrogen and oxygen atoms in total. The average Bonchev–Trinajstić information content (AvgIpc) is 2.77. The van der Waals surface area contributed by atoms with Crippen molar-refractivity contribution in [3.8, 4) is 0 Å². The van der Waals surface area contributed by atoms with Gasteiger partial charge in [0.25, 0.3) is 0 Å². The van der Waals surface area contributed by atoms with Crippen LogP contribution in [0, 0.1) is 19.8 Å². The number of rotatable bonds is 5. The molecule has 1 aromatic rings. The van der Waals surface area contributed by atoms with E-state index in [1.807, 2.05) is 20.8 Å². The van der Waals surface area contributed by atoms with Crippen LogP contribution < -0.4 is 5.32 Å². The maximum Gasteiger partial charge on any atom is 0.223 e. The van der Waals surface area contributed by atoms with Crippen LogP contribution in [0.3, 0.4) is 0 Å². The van der Waals surface area contributed by atoms with Gasteiger partial charge in [0.15, 0.2) is 0 Å². The number of aryl methyl sites for hydroxylation is 2. The van der Waals surface area contributed by atoms with E-state index in [1.54, 1.807) is 0 Å². The largest absolute Gasteiger partial charge is 0.388 e. The Kier molecular flexibility index (Phi) is 5.04. The summed E-state index contributed by atoms with van der Waals surface area (Å²) in [6.45, 7) is 6.23. The van der Waals surface area contributed by atoms with Gasteiger partial charge < -0.3 is 10.4 Å². The summed E-state index contributed by atoms with van der Waals surface area (Å²) in [6, 6.07) is 0. The van der Waals surface area contributed by atoms with Gasteiger partial charge in [-0.3, -0.25) is 9.89 Å². The van der Waals surface area contributed by atoms with Gasteiger partial charge in [-0.05, 0) is 38.7 Å². The second-order valence-corrected chi connectivity index (χ2v) is 6.52. The minimum atomic E-state index is -0.699. The fourth-order valence-electron chi connectivity index (χ4n) is 3.09. The smallest absolute Gasteiger partial charge is 0.223 e. The molecule has 1 fully saturated rings. The van der Waals surface area contributed by atoms with Gasteiger partial charge in [0.1, 0.15) is 0 Å². The lowest BCUT2D eigenvalue weighted by atomic mass is 9.85. The predicted octanol–water partition coefficient (Wildman–Crippen LogP) is 2.02. The van der Waals surface area contributed by atoms with Crippen molar-refractivity contribution in [1.82, 2.24) is 15.5 Å². The Morgan fingerprint density at radius 2 is 2.05 bits per heavy atom. The lowest BCUT2D eigenvalue weighted by molar-refractivity contribution is -0.126. The molecule has 0 bridgehead atoms. The quantitative estimate of drug-likeness (QED) is 0.777. The summed E-state index contributed by atoms with van der Waals surface area (Å²) in [5, 5.41) is 20.5. The summed E-state index contributed by atoms with van der Waals surface area (Å²) in [7, 11) is 0. The van der Waals surface area contributed by atoms with Gasteiger partial charge in [0.05, 0.1) is 11.3 Å². The number of hydrogen-bond acceptors (Lipinski definition) is 3. The molecule has 0 radical (unpaired) electrons. The first kappa shape index (κ1) is 16.0. The standard InChI is InChI=1S/C16H27N3O2/c1-11(9-14-12(2)18-19-13(14)3)15(20)17-10-16(21)7-5-4-6-8-16/h11,21H,4-10H2,1-3H3,(H,17,20)(H,18,19). The van der Waals surface area contributed by atoms with E-state index in [0.717, 1.165) is 42.6 Å². The lowest BCUT2D eigenvalue weighted by Crippen LogP contribution is -2.45. The topological polar surface area (TPSA) is 78.0 Å². The molecule has 1 aromatic heterocycles. The van der Waals surface area contributed by atoms with E-state index in [4.69, 9.17) is 0 Å². The Morgan fingerprint density at radius 1 is 1.38 bits per heavy atom.